The van der Waals surface area contributed by atoms with Crippen LogP contribution >= 0.6 is 23.4 Å². The first-order chi connectivity index (χ1) is 13.2. The van der Waals surface area contributed by atoms with Crippen LogP contribution < -0.4 is 11.1 Å². The Bertz CT molecular complexity index is 739. The molecule has 146 valence electrons. The van der Waals surface area contributed by atoms with Gasteiger partial charge in [0.25, 0.3) is 0 Å². The highest BCUT2D eigenvalue weighted by Crippen LogP contribution is 2.25. The fourth-order valence-electron chi connectivity index (χ4n) is 3.27. The lowest BCUT2D eigenvalue weighted by molar-refractivity contribution is -0.121. The van der Waals surface area contributed by atoms with Gasteiger partial charge in [0.05, 0.1) is 22.2 Å². The molecule has 0 fully saturated rings. The van der Waals surface area contributed by atoms with Crippen molar-refractivity contribution in [3.05, 3.63) is 47.0 Å². The lowest BCUT2D eigenvalue weighted by Gasteiger charge is -2.23. The second kappa shape index (κ2) is 10.1. The van der Waals surface area contributed by atoms with Gasteiger partial charge in [-0.25, -0.2) is 0 Å². The van der Waals surface area contributed by atoms with Crippen LogP contribution in [0.1, 0.15) is 30.5 Å². The maximum Gasteiger partial charge on any atom is 0.233 e. The Balaban J connectivity index is 1.63. The van der Waals surface area contributed by atoms with E-state index in [0.29, 0.717) is 18.0 Å². The van der Waals surface area contributed by atoms with Crippen molar-refractivity contribution in [3.63, 3.8) is 0 Å². The number of aryl methyl sites for hydroxylation is 1. The third kappa shape index (κ3) is 5.70. The van der Waals surface area contributed by atoms with E-state index >= 15 is 0 Å². The topological polar surface area (TPSA) is 85.8 Å². The van der Waals surface area contributed by atoms with E-state index in [4.69, 9.17) is 17.3 Å². The zero-order valence-electron chi connectivity index (χ0n) is 15.3. The Morgan fingerprint density at radius 1 is 1.44 bits per heavy atom. The molecular weight excluding hydrogens is 382 g/mol. The second-order valence-electron chi connectivity index (χ2n) is 6.77. The summed E-state index contributed by atoms with van der Waals surface area (Å²) in [5.41, 5.74) is 8.00. The molecule has 3 heterocycles. The number of rotatable bonds is 5. The number of carbonyl (C=O) groups excluding carboxylic acids is 1. The molecule has 0 bridgehead atoms. The summed E-state index contributed by atoms with van der Waals surface area (Å²) >= 11 is 8.02. The van der Waals surface area contributed by atoms with Crippen LogP contribution in [0.25, 0.3) is 0 Å². The summed E-state index contributed by atoms with van der Waals surface area (Å²) < 4.78 is 1.98. The van der Waals surface area contributed by atoms with Crippen LogP contribution in [0, 0.1) is 0 Å². The molecule has 3 N–H and O–H groups in total. The molecule has 0 radical (unpaired) electrons. The minimum absolute atomic E-state index is 0.0575. The fraction of sp³-hybridized carbons (Fsp3) is 0.526. The minimum atomic E-state index is -0.106. The van der Waals surface area contributed by atoms with Gasteiger partial charge in [-0.1, -0.05) is 17.7 Å². The van der Waals surface area contributed by atoms with Gasteiger partial charge in [-0.2, -0.15) is 5.10 Å². The molecule has 6 nitrogen and oxygen atoms in total. The number of carbonyl (C=O) groups is 1. The van der Waals surface area contributed by atoms with Gasteiger partial charge in [-0.3, -0.25) is 14.5 Å². The number of amides is 1. The number of nitrogens with two attached hydrogens (primary N) is 1. The van der Waals surface area contributed by atoms with Crippen molar-refractivity contribution >= 4 is 29.3 Å². The largest absolute Gasteiger partial charge is 0.351 e. The first-order valence-corrected chi connectivity index (χ1v) is 10.8. The molecule has 2 aromatic rings. The Kier molecular flexibility index (Phi) is 7.55. The summed E-state index contributed by atoms with van der Waals surface area (Å²) in [6.07, 6.45) is 9.54. The highest BCUT2D eigenvalue weighted by molar-refractivity contribution is 8.00. The molecule has 2 aromatic heterocycles. The van der Waals surface area contributed by atoms with Gasteiger partial charge in [0.15, 0.2) is 0 Å². The van der Waals surface area contributed by atoms with Crippen molar-refractivity contribution in [3.8, 4) is 0 Å². The van der Waals surface area contributed by atoms with E-state index in [-0.39, 0.29) is 17.2 Å². The molecule has 2 atom stereocenters. The van der Waals surface area contributed by atoms with E-state index in [9.17, 15) is 4.79 Å². The fourth-order valence-corrected chi connectivity index (χ4v) is 4.66. The molecule has 1 unspecified atom stereocenters. The lowest BCUT2D eigenvalue weighted by Crippen LogP contribution is -2.45. The van der Waals surface area contributed by atoms with E-state index in [1.165, 1.54) is 0 Å². The number of fused-ring (bicyclic) bond motifs is 1. The monoisotopic (exact) mass is 407 g/mol. The number of nitrogens with zero attached hydrogens (tertiary/aromatic N) is 3. The van der Waals surface area contributed by atoms with Crippen LogP contribution in [0.2, 0.25) is 5.02 Å². The predicted molar refractivity (Wildman–Crippen MR) is 110 cm³/mol. The average Bonchev–Trinajstić information content (AvgIpc) is 3.04. The van der Waals surface area contributed by atoms with E-state index in [1.54, 1.807) is 24.2 Å². The third-order valence-electron chi connectivity index (χ3n) is 4.75. The maximum absolute atomic E-state index is 12.9. The molecule has 1 amide bonds. The van der Waals surface area contributed by atoms with Crippen LogP contribution in [0.4, 0.5) is 0 Å². The van der Waals surface area contributed by atoms with Crippen molar-refractivity contribution in [2.45, 2.75) is 49.9 Å². The number of pyridine rings is 1. The number of thioether (sulfide) groups is 1. The molecular formula is C19H26ClN5OS. The van der Waals surface area contributed by atoms with E-state index in [2.05, 4.69) is 15.4 Å². The average molecular weight is 408 g/mol. The first kappa shape index (κ1) is 20.2. The normalized spacial score (nSPS) is 19.1. The SMILES string of the molecule is NC[C@H](Cc1cccnc1)NC(=O)C1CCc2c(Cl)cnn2CCCCS1. The smallest absolute Gasteiger partial charge is 0.233 e. The van der Waals surface area contributed by atoms with Crippen LogP contribution in [0.3, 0.4) is 0 Å². The Labute approximate surface area is 169 Å². The Morgan fingerprint density at radius 2 is 2.33 bits per heavy atom. The van der Waals surface area contributed by atoms with E-state index < -0.39 is 0 Å². The number of aromatic nitrogens is 3. The molecule has 8 heteroatoms. The summed E-state index contributed by atoms with van der Waals surface area (Å²) in [5, 5.41) is 8.08. The Morgan fingerprint density at radius 3 is 3.11 bits per heavy atom. The van der Waals surface area contributed by atoms with Crippen molar-refractivity contribution in [1.29, 1.82) is 0 Å². The zero-order chi connectivity index (χ0) is 19.1. The molecule has 27 heavy (non-hydrogen) atoms. The summed E-state index contributed by atoms with van der Waals surface area (Å²) in [4.78, 5) is 17.0. The lowest BCUT2D eigenvalue weighted by atomic mass is 10.1. The summed E-state index contributed by atoms with van der Waals surface area (Å²) in [6.45, 7) is 1.29. The van der Waals surface area contributed by atoms with E-state index in [1.807, 2.05) is 23.0 Å². The van der Waals surface area contributed by atoms with Gasteiger partial charge in [0, 0.05) is 31.5 Å². The van der Waals surface area contributed by atoms with E-state index in [0.717, 1.165) is 49.2 Å². The van der Waals surface area contributed by atoms with Gasteiger partial charge >= 0.3 is 0 Å². The van der Waals surface area contributed by atoms with Gasteiger partial charge in [0.1, 0.15) is 0 Å². The molecule has 1 aliphatic rings. The highest BCUT2D eigenvalue weighted by atomic mass is 35.5. The third-order valence-corrected chi connectivity index (χ3v) is 6.44. The summed E-state index contributed by atoms with van der Waals surface area (Å²) in [5.74, 6) is 1.03. The molecule has 0 aromatic carbocycles. The predicted octanol–water partition coefficient (Wildman–Crippen LogP) is 2.45. The molecule has 0 spiro atoms. The van der Waals surface area contributed by atoms with Crippen LogP contribution in [0.5, 0.6) is 0 Å². The number of nitrogens with one attached hydrogen (secondary N) is 1. The number of hydrogen-bond acceptors (Lipinski definition) is 5. The first-order valence-electron chi connectivity index (χ1n) is 9.38. The standard InChI is InChI=1S/C19H26ClN5OS/c20-16-13-23-25-8-1-2-9-27-18(6-5-17(16)25)19(26)24-15(11-21)10-14-4-3-7-22-12-14/h3-4,7,12-13,15,18H,1-2,5-6,8-11,21H2,(H,24,26)/t15-,18?/m0/s1. The molecule has 3 rings (SSSR count). The minimum Gasteiger partial charge on any atom is -0.351 e. The van der Waals surface area contributed by atoms with Crippen LogP contribution in [-0.4, -0.2) is 44.3 Å². The summed E-state index contributed by atoms with van der Waals surface area (Å²) in [7, 11) is 0. The van der Waals surface area contributed by atoms with Crippen molar-refractivity contribution in [2.75, 3.05) is 12.3 Å². The highest BCUT2D eigenvalue weighted by Gasteiger charge is 2.23. The zero-order valence-corrected chi connectivity index (χ0v) is 16.9. The van der Waals surface area contributed by atoms with Crippen LogP contribution in [0.15, 0.2) is 30.7 Å². The summed E-state index contributed by atoms with van der Waals surface area (Å²) in [6, 6.07) is 3.81. The van der Waals surface area contributed by atoms with Gasteiger partial charge in [-0.15, -0.1) is 11.8 Å². The number of halogens is 1. The molecule has 0 saturated carbocycles. The van der Waals surface area contributed by atoms with Gasteiger partial charge < -0.3 is 11.1 Å². The maximum atomic E-state index is 12.9. The van der Waals surface area contributed by atoms with Crippen molar-refractivity contribution in [1.82, 2.24) is 20.1 Å². The van der Waals surface area contributed by atoms with Crippen molar-refractivity contribution in [2.24, 2.45) is 5.73 Å². The molecule has 1 aliphatic heterocycles. The van der Waals surface area contributed by atoms with Gasteiger partial charge in [-0.05, 0) is 49.5 Å². The van der Waals surface area contributed by atoms with Gasteiger partial charge in [0.2, 0.25) is 5.91 Å². The van der Waals surface area contributed by atoms with Crippen LogP contribution in [-0.2, 0) is 24.2 Å². The second-order valence-corrected chi connectivity index (χ2v) is 8.49. The quantitative estimate of drug-likeness (QED) is 0.795. The molecule has 0 saturated heterocycles. The molecule has 0 aliphatic carbocycles. The number of hydrogen-bond donors (Lipinski definition) is 2. The van der Waals surface area contributed by atoms with Crippen molar-refractivity contribution < 1.29 is 4.79 Å². The Hall–Kier alpha value is -1.57.